The Kier molecular flexibility index (Phi) is 2.12. The highest BCUT2D eigenvalue weighted by Crippen LogP contribution is 1.72. The van der Waals surface area contributed by atoms with E-state index in [-0.39, 0.29) is 0 Å². The molecule has 0 atom stereocenters. The molecule has 0 unspecified atom stereocenters. The van der Waals surface area contributed by atoms with Crippen LogP contribution in [0.1, 0.15) is 0 Å². The summed E-state index contributed by atoms with van der Waals surface area (Å²) < 4.78 is 1.64. The molecule has 7 heavy (non-hydrogen) atoms. The zero-order valence-corrected chi connectivity index (χ0v) is 4.89. The Morgan fingerprint density at radius 3 is 2.00 bits per heavy atom. The third-order valence-electron chi connectivity index (χ3n) is 0.725. The van der Waals surface area contributed by atoms with Crippen LogP contribution in [-0.4, -0.2) is 30.5 Å². The van der Waals surface area contributed by atoms with Crippen LogP contribution < -0.4 is 0 Å². The van der Waals surface area contributed by atoms with Crippen molar-refractivity contribution in [1.82, 2.24) is 5.01 Å². The lowest BCUT2D eigenvalue weighted by Gasteiger charge is -2.01. The van der Waals surface area contributed by atoms with Crippen LogP contribution in [0.2, 0.25) is 0 Å². The standard InChI is InChI=1S/C5H11N2/c1-5-7(4)6(2)3/h5H,1,4H2,2-3H3/q+1. The molecule has 0 spiro atoms. The van der Waals surface area contributed by atoms with E-state index >= 15 is 0 Å². The number of nitrogens with zero attached hydrogens (tertiary/aromatic N) is 2. The summed E-state index contributed by atoms with van der Waals surface area (Å²) in [7, 11) is 3.80. The van der Waals surface area contributed by atoms with Gasteiger partial charge in [0.1, 0.15) is 0 Å². The minimum atomic E-state index is 1.64. The fourth-order valence-corrected chi connectivity index (χ4v) is 0.163. The Morgan fingerprint density at radius 1 is 1.57 bits per heavy atom. The monoisotopic (exact) mass is 99.1 g/mol. The van der Waals surface area contributed by atoms with E-state index in [0.29, 0.717) is 0 Å². The zero-order chi connectivity index (χ0) is 5.86. The summed E-state index contributed by atoms with van der Waals surface area (Å²) in [5.41, 5.74) is 0. The van der Waals surface area contributed by atoms with Crippen molar-refractivity contribution in [2.45, 2.75) is 0 Å². The van der Waals surface area contributed by atoms with E-state index in [1.165, 1.54) is 0 Å². The molecule has 0 rings (SSSR count). The van der Waals surface area contributed by atoms with Crippen molar-refractivity contribution in [2.24, 2.45) is 0 Å². The largest absolute Gasteiger partial charge is 0.191 e. The SMILES string of the molecule is C=C[N+](=C)N(C)C. The number of hydrazone groups is 1. The minimum Gasteiger partial charge on any atom is -0.188 e. The normalized spacial score (nSPS) is 7.71. The maximum Gasteiger partial charge on any atom is 0.191 e. The fourth-order valence-electron chi connectivity index (χ4n) is 0.163. The summed E-state index contributed by atoms with van der Waals surface area (Å²) in [6, 6.07) is 0. The molecule has 0 aromatic rings. The second kappa shape index (κ2) is 2.39. The first kappa shape index (κ1) is 6.21. The predicted octanol–water partition coefficient (Wildman–Crippen LogP) is 0.320. The van der Waals surface area contributed by atoms with Crippen molar-refractivity contribution in [2.75, 3.05) is 14.1 Å². The number of hydrogen-bond acceptors (Lipinski definition) is 1. The van der Waals surface area contributed by atoms with Crippen LogP contribution in [0.4, 0.5) is 0 Å². The molecule has 0 aromatic heterocycles. The minimum absolute atomic E-state index is 1.64. The van der Waals surface area contributed by atoms with Gasteiger partial charge >= 0.3 is 0 Å². The third kappa shape index (κ3) is 1.98. The summed E-state index contributed by atoms with van der Waals surface area (Å²) in [6.45, 7) is 7.10. The Hall–Kier alpha value is -0.790. The van der Waals surface area contributed by atoms with Gasteiger partial charge in [0.05, 0.1) is 14.1 Å². The summed E-state index contributed by atoms with van der Waals surface area (Å²) in [4.78, 5) is 0. The van der Waals surface area contributed by atoms with Gasteiger partial charge in [-0.2, -0.15) is 5.01 Å². The van der Waals surface area contributed by atoms with E-state index in [2.05, 4.69) is 13.3 Å². The average molecular weight is 99.2 g/mol. The van der Waals surface area contributed by atoms with Gasteiger partial charge in [-0.25, -0.2) is 0 Å². The van der Waals surface area contributed by atoms with Crippen LogP contribution >= 0.6 is 0 Å². The maximum absolute atomic E-state index is 3.60. The highest BCUT2D eigenvalue weighted by molar-refractivity contribution is 5.14. The van der Waals surface area contributed by atoms with Crippen molar-refractivity contribution < 1.29 is 4.68 Å². The molecule has 0 amide bonds. The van der Waals surface area contributed by atoms with Crippen LogP contribution in [0.5, 0.6) is 0 Å². The molecule has 0 aromatic carbocycles. The molecule has 2 heteroatoms. The van der Waals surface area contributed by atoms with E-state index in [1.54, 1.807) is 10.9 Å². The summed E-state index contributed by atoms with van der Waals surface area (Å²) >= 11 is 0. The van der Waals surface area contributed by atoms with Crippen LogP contribution in [0.15, 0.2) is 12.8 Å². The summed E-state index contributed by atoms with van der Waals surface area (Å²) in [6.07, 6.45) is 1.64. The van der Waals surface area contributed by atoms with Crippen molar-refractivity contribution in [3.63, 3.8) is 0 Å². The number of rotatable bonds is 2. The van der Waals surface area contributed by atoms with Crippen molar-refractivity contribution in [3.05, 3.63) is 12.8 Å². The van der Waals surface area contributed by atoms with Gasteiger partial charge in [-0.15, -0.1) is 0 Å². The van der Waals surface area contributed by atoms with Crippen LogP contribution in [0.3, 0.4) is 0 Å². The van der Waals surface area contributed by atoms with E-state index in [0.717, 1.165) is 0 Å². The first-order valence-corrected chi connectivity index (χ1v) is 2.08. The molecule has 2 nitrogen and oxygen atoms in total. The van der Waals surface area contributed by atoms with Crippen molar-refractivity contribution in [3.8, 4) is 0 Å². The van der Waals surface area contributed by atoms with Crippen LogP contribution in [0.25, 0.3) is 0 Å². The van der Waals surface area contributed by atoms with E-state index < -0.39 is 0 Å². The van der Waals surface area contributed by atoms with Crippen molar-refractivity contribution in [1.29, 1.82) is 0 Å². The van der Waals surface area contributed by atoms with E-state index in [9.17, 15) is 0 Å². The van der Waals surface area contributed by atoms with Gasteiger partial charge in [-0.05, 0) is 6.58 Å². The van der Waals surface area contributed by atoms with Gasteiger partial charge in [-0.1, -0.05) is 4.68 Å². The third-order valence-corrected chi connectivity index (χ3v) is 0.725. The molecule has 0 aliphatic heterocycles. The van der Waals surface area contributed by atoms with Crippen LogP contribution in [-0.2, 0) is 0 Å². The van der Waals surface area contributed by atoms with Gasteiger partial charge < -0.3 is 0 Å². The van der Waals surface area contributed by atoms with Crippen LogP contribution in [0, 0.1) is 0 Å². The van der Waals surface area contributed by atoms with E-state index in [4.69, 9.17) is 0 Å². The fraction of sp³-hybridized carbons (Fsp3) is 0.400. The average Bonchev–Trinajstić information content (AvgIpc) is 1.65. The van der Waals surface area contributed by atoms with Gasteiger partial charge in [0.2, 0.25) is 0 Å². The van der Waals surface area contributed by atoms with Gasteiger partial charge in [0.25, 0.3) is 0 Å². The van der Waals surface area contributed by atoms with Gasteiger partial charge in [-0.3, -0.25) is 0 Å². The molecule has 0 radical (unpaired) electrons. The molecule has 0 aliphatic rings. The first-order chi connectivity index (χ1) is 3.18. The molecule has 40 valence electrons. The molecule has 0 saturated heterocycles. The molecule has 0 fully saturated rings. The summed E-state index contributed by atoms with van der Waals surface area (Å²) in [5, 5.41) is 1.83. The highest BCUT2D eigenvalue weighted by Gasteiger charge is 1.90. The lowest BCUT2D eigenvalue weighted by Crippen LogP contribution is -2.20. The first-order valence-electron chi connectivity index (χ1n) is 2.08. The Bertz CT molecular complexity index is 84.1. The molecule has 0 heterocycles. The second-order valence-corrected chi connectivity index (χ2v) is 1.47. The molecular formula is C5H11N2+. The lowest BCUT2D eigenvalue weighted by atomic mass is 11.0. The lowest BCUT2D eigenvalue weighted by molar-refractivity contribution is -0.615. The Morgan fingerprint density at radius 2 is 2.00 bits per heavy atom. The summed E-state index contributed by atoms with van der Waals surface area (Å²) in [5.74, 6) is 0. The van der Waals surface area contributed by atoms with E-state index in [1.807, 2.05) is 19.1 Å². The van der Waals surface area contributed by atoms with Gasteiger partial charge in [0.15, 0.2) is 12.9 Å². The molecular weight excluding hydrogens is 88.1 g/mol. The second-order valence-electron chi connectivity index (χ2n) is 1.47. The zero-order valence-electron chi connectivity index (χ0n) is 4.89. The highest BCUT2D eigenvalue weighted by atomic mass is 15.5. The molecule has 0 N–H and O–H groups in total. The smallest absolute Gasteiger partial charge is 0.188 e. The number of hydrazine groups is 1. The Balaban J connectivity index is 3.56. The topological polar surface area (TPSA) is 6.25 Å². The van der Waals surface area contributed by atoms with Crippen molar-refractivity contribution >= 4 is 6.72 Å². The molecule has 0 bridgehead atoms. The molecule has 0 saturated carbocycles. The van der Waals surface area contributed by atoms with Gasteiger partial charge in [0, 0.05) is 0 Å². The Labute approximate surface area is 44.3 Å². The number of hydrogen-bond donors (Lipinski definition) is 0. The predicted molar refractivity (Wildman–Crippen MR) is 31.3 cm³/mol. The quantitative estimate of drug-likeness (QED) is 0.274. The molecule has 0 aliphatic carbocycles. The maximum atomic E-state index is 3.60.